The Kier molecular flexibility index (Phi) is 4.07. The first kappa shape index (κ1) is 13.6. The van der Waals surface area contributed by atoms with Gasteiger partial charge in [-0.25, -0.2) is 8.42 Å². The molecule has 100 valence electrons. The molecule has 0 bridgehead atoms. The molecule has 4 heteroatoms. The highest BCUT2D eigenvalue weighted by Gasteiger charge is 2.22. The minimum atomic E-state index is -2.91. The van der Waals surface area contributed by atoms with Gasteiger partial charge in [-0.2, -0.15) is 0 Å². The third kappa shape index (κ3) is 3.56. The summed E-state index contributed by atoms with van der Waals surface area (Å²) in [5.74, 6) is 0.200. The van der Waals surface area contributed by atoms with Gasteiger partial charge in [0.25, 0.3) is 0 Å². The Balaban J connectivity index is 2.07. The molecule has 2 atom stereocenters. The number of fused-ring (bicyclic) bond motifs is 1. The summed E-state index contributed by atoms with van der Waals surface area (Å²) in [6, 6.07) is 8.74. The molecule has 0 unspecified atom stereocenters. The molecule has 0 fully saturated rings. The van der Waals surface area contributed by atoms with E-state index in [9.17, 15) is 8.42 Å². The molecular weight excluding hydrogens is 246 g/mol. The van der Waals surface area contributed by atoms with Crippen LogP contribution in [-0.2, 0) is 16.3 Å². The molecule has 1 aliphatic carbocycles. The van der Waals surface area contributed by atoms with Crippen LogP contribution in [0.3, 0.4) is 0 Å². The van der Waals surface area contributed by atoms with Gasteiger partial charge in [-0.15, -0.1) is 0 Å². The standard InChI is InChI=1S/C14H21NO2S/c1-11(10-18(2,16)17)15-14-9-5-7-12-6-3-4-8-13(12)14/h3-4,6,8,11,14-15H,5,7,9-10H2,1-2H3/t11-,14-/m1/s1. The fourth-order valence-corrected chi connectivity index (χ4v) is 3.78. The second kappa shape index (κ2) is 5.41. The van der Waals surface area contributed by atoms with E-state index < -0.39 is 9.84 Å². The van der Waals surface area contributed by atoms with Gasteiger partial charge in [-0.3, -0.25) is 0 Å². The number of hydrogen-bond acceptors (Lipinski definition) is 3. The molecule has 2 rings (SSSR count). The minimum Gasteiger partial charge on any atom is -0.306 e. The molecule has 0 radical (unpaired) electrons. The van der Waals surface area contributed by atoms with E-state index in [1.165, 1.54) is 23.8 Å². The molecule has 0 aromatic heterocycles. The van der Waals surface area contributed by atoms with Crippen LogP contribution < -0.4 is 5.32 Å². The van der Waals surface area contributed by atoms with Crippen molar-refractivity contribution < 1.29 is 8.42 Å². The Bertz CT molecular complexity index is 510. The molecule has 1 N–H and O–H groups in total. The Hall–Kier alpha value is -0.870. The second-order valence-corrected chi connectivity index (χ2v) is 7.49. The first-order valence-corrected chi connectivity index (χ1v) is 8.53. The molecule has 1 aromatic rings. The zero-order chi connectivity index (χ0) is 13.2. The van der Waals surface area contributed by atoms with E-state index in [-0.39, 0.29) is 11.8 Å². The van der Waals surface area contributed by atoms with Crippen molar-refractivity contribution >= 4 is 9.84 Å². The Morgan fingerprint density at radius 1 is 1.39 bits per heavy atom. The van der Waals surface area contributed by atoms with Crippen LogP contribution in [0.5, 0.6) is 0 Å². The normalized spacial score (nSPS) is 21.3. The molecule has 0 spiro atoms. The van der Waals surface area contributed by atoms with Gasteiger partial charge in [0.15, 0.2) is 0 Å². The maximum Gasteiger partial charge on any atom is 0.148 e. The first-order chi connectivity index (χ1) is 8.46. The molecule has 0 heterocycles. The third-order valence-corrected chi connectivity index (χ3v) is 4.51. The van der Waals surface area contributed by atoms with E-state index in [4.69, 9.17) is 0 Å². The summed E-state index contributed by atoms with van der Waals surface area (Å²) in [4.78, 5) is 0. The zero-order valence-electron chi connectivity index (χ0n) is 11.0. The number of sulfone groups is 1. The van der Waals surface area contributed by atoms with Gasteiger partial charge in [-0.1, -0.05) is 24.3 Å². The average Bonchev–Trinajstić information content (AvgIpc) is 2.27. The van der Waals surface area contributed by atoms with Crippen LogP contribution in [0, 0.1) is 0 Å². The SMILES string of the molecule is C[C@H](CS(C)(=O)=O)N[C@@H]1CCCc2ccccc21. The van der Waals surface area contributed by atoms with Gasteiger partial charge in [0.05, 0.1) is 5.75 Å². The largest absolute Gasteiger partial charge is 0.306 e. The van der Waals surface area contributed by atoms with Crippen LogP contribution in [0.1, 0.15) is 36.9 Å². The maximum atomic E-state index is 11.3. The van der Waals surface area contributed by atoms with Crippen LogP contribution in [0.4, 0.5) is 0 Å². The second-order valence-electron chi connectivity index (χ2n) is 5.30. The first-order valence-electron chi connectivity index (χ1n) is 6.47. The lowest BCUT2D eigenvalue weighted by molar-refractivity contribution is 0.423. The minimum absolute atomic E-state index is 0.00356. The summed E-state index contributed by atoms with van der Waals surface area (Å²) in [6.45, 7) is 1.94. The van der Waals surface area contributed by atoms with E-state index >= 15 is 0 Å². The lowest BCUT2D eigenvalue weighted by Gasteiger charge is -2.29. The third-order valence-electron chi connectivity index (χ3n) is 3.41. The number of hydrogen-bond donors (Lipinski definition) is 1. The molecule has 1 aromatic carbocycles. The highest BCUT2D eigenvalue weighted by atomic mass is 32.2. The fourth-order valence-electron chi connectivity index (χ4n) is 2.77. The van der Waals surface area contributed by atoms with Crippen molar-refractivity contribution in [3.63, 3.8) is 0 Å². The van der Waals surface area contributed by atoms with Crippen molar-refractivity contribution in [2.75, 3.05) is 12.0 Å². The molecule has 1 aliphatic rings. The number of benzene rings is 1. The van der Waals surface area contributed by atoms with Gasteiger partial charge in [0.2, 0.25) is 0 Å². The zero-order valence-corrected chi connectivity index (χ0v) is 11.8. The van der Waals surface area contributed by atoms with E-state index in [2.05, 4.69) is 29.6 Å². The van der Waals surface area contributed by atoms with Gasteiger partial charge >= 0.3 is 0 Å². The molecule has 0 aliphatic heterocycles. The summed E-state index contributed by atoms with van der Waals surface area (Å²) in [7, 11) is -2.91. The van der Waals surface area contributed by atoms with Crippen LogP contribution in [0.15, 0.2) is 24.3 Å². The molecule has 3 nitrogen and oxygen atoms in total. The summed E-state index contributed by atoms with van der Waals surface area (Å²) in [6.07, 6.45) is 4.68. The highest BCUT2D eigenvalue weighted by Crippen LogP contribution is 2.29. The number of aryl methyl sites for hydroxylation is 1. The lowest BCUT2D eigenvalue weighted by atomic mass is 9.87. The Morgan fingerprint density at radius 2 is 2.11 bits per heavy atom. The van der Waals surface area contributed by atoms with Crippen molar-refractivity contribution in [2.24, 2.45) is 0 Å². The van der Waals surface area contributed by atoms with Crippen LogP contribution >= 0.6 is 0 Å². The lowest BCUT2D eigenvalue weighted by Crippen LogP contribution is -2.37. The van der Waals surface area contributed by atoms with Crippen molar-refractivity contribution in [1.82, 2.24) is 5.32 Å². The van der Waals surface area contributed by atoms with E-state index in [1.54, 1.807) is 0 Å². The molecule has 18 heavy (non-hydrogen) atoms. The van der Waals surface area contributed by atoms with Crippen LogP contribution in [0.25, 0.3) is 0 Å². The van der Waals surface area contributed by atoms with E-state index in [0.29, 0.717) is 6.04 Å². The van der Waals surface area contributed by atoms with Crippen molar-refractivity contribution in [3.05, 3.63) is 35.4 Å². The van der Waals surface area contributed by atoms with E-state index in [0.717, 1.165) is 12.8 Å². The Morgan fingerprint density at radius 3 is 2.83 bits per heavy atom. The van der Waals surface area contributed by atoms with Gasteiger partial charge < -0.3 is 5.32 Å². The summed E-state index contributed by atoms with van der Waals surface area (Å²) >= 11 is 0. The Labute approximate surface area is 110 Å². The van der Waals surface area contributed by atoms with Gasteiger partial charge in [0, 0.05) is 18.3 Å². The van der Waals surface area contributed by atoms with Crippen LogP contribution in [0.2, 0.25) is 0 Å². The monoisotopic (exact) mass is 267 g/mol. The predicted molar refractivity (Wildman–Crippen MR) is 74.4 cm³/mol. The smallest absolute Gasteiger partial charge is 0.148 e. The van der Waals surface area contributed by atoms with Crippen molar-refractivity contribution in [1.29, 1.82) is 0 Å². The van der Waals surface area contributed by atoms with Crippen molar-refractivity contribution in [3.8, 4) is 0 Å². The maximum absolute atomic E-state index is 11.3. The van der Waals surface area contributed by atoms with Crippen LogP contribution in [-0.4, -0.2) is 26.5 Å². The quantitative estimate of drug-likeness (QED) is 0.908. The predicted octanol–water partition coefficient (Wildman–Crippen LogP) is 2.09. The van der Waals surface area contributed by atoms with Gasteiger partial charge in [-0.05, 0) is 37.3 Å². The number of nitrogens with one attached hydrogen (secondary N) is 1. The van der Waals surface area contributed by atoms with Crippen molar-refractivity contribution in [2.45, 2.75) is 38.3 Å². The van der Waals surface area contributed by atoms with E-state index in [1.807, 2.05) is 6.92 Å². The summed E-state index contributed by atoms with van der Waals surface area (Å²) in [5, 5.41) is 3.45. The summed E-state index contributed by atoms with van der Waals surface area (Å²) in [5.41, 5.74) is 2.73. The fraction of sp³-hybridized carbons (Fsp3) is 0.571. The highest BCUT2D eigenvalue weighted by molar-refractivity contribution is 7.90. The molecule has 0 amide bonds. The molecule has 0 saturated heterocycles. The average molecular weight is 267 g/mol. The number of rotatable bonds is 4. The summed E-state index contributed by atoms with van der Waals surface area (Å²) < 4.78 is 22.6. The topological polar surface area (TPSA) is 46.2 Å². The molecule has 0 saturated carbocycles. The van der Waals surface area contributed by atoms with Gasteiger partial charge in [0.1, 0.15) is 9.84 Å². The molecular formula is C14H21NO2S.